The number of aryl methyl sites for hydroxylation is 2. The molecule has 0 unspecified atom stereocenters. The molecule has 21 heavy (non-hydrogen) atoms. The lowest BCUT2D eigenvalue weighted by atomic mass is 10.2. The lowest BCUT2D eigenvalue weighted by molar-refractivity contribution is -0.148. The fourth-order valence-corrected chi connectivity index (χ4v) is 3.41. The fourth-order valence-electron chi connectivity index (χ4n) is 2.41. The fraction of sp³-hybridized carbons (Fsp3) is 0.500. The number of aldehydes is 1. The Kier molecular flexibility index (Phi) is 4.51. The summed E-state index contributed by atoms with van der Waals surface area (Å²) < 4.78 is 26.6. The topological polar surface area (TPSA) is 54.5 Å². The largest absolute Gasteiger partial charge is 0.327 e. The first-order valence-electron chi connectivity index (χ1n) is 6.50. The minimum atomic E-state index is -3.44. The molecule has 113 valence electrons. The number of amides is 1. The van der Waals surface area contributed by atoms with Crippen molar-refractivity contribution in [3.63, 3.8) is 0 Å². The standard InChI is InChI=1S/C14H14F2NO3S/c1-9-5-11(21-12(9)8-19)3-2-4-17-10(7-18)6-14(15,16)13(17)20/h5,7,10H,2-4,6H2,1H3/t10-/m1/s1. The number of nitrogens with zero attached hydrogens (tertiary/aromatic N) is 1. The van der Waals surface area contributed by atoms with Gasteiger partial charge < -0.3 is 9.69 Å². The summed E-state index contributed by atoms with van der Waals surface area (Å²) in [6.07, 6.45) is 2.52. The van der Waals surface area contributed by atoms with E-state index in [1.807, 2.05) is 12.4 Å². The molecule has 1 aromatic heterocycles. The zero-order valence-electron chi connectivity index (χ0n) is 11.4. The predicted octanol–water partition coefficient (Wildman–Crippen LogP) is 1.88. The number of carbonyl (C=O) groups excluding carboxylic acids is 3. The number of likely N-dealkylation sites (tertiary alicyclic amines) is 1. The van der Waals surface area contributed by atoms with Crippen molar-refractivity contribution in [1.29, 1.82) is 0 Å². The summed E-state index contributed by atoms with van der Waals surface area (Å²) in [5.74, 6) is -4.71. The molecule has 0 bridgehead atoms. The van der Waals surface area contributed by atoms with E-state index in [1.54, 1.807) is 6.92 Å². The Morgan fingerprint density at radius 3 is 2.86 bits per heavy atom. The summed E-state index contributed by atoms with van der Waals surface area (Å²) in [7, 11) is 0. The second-order valence-corrected chi connectivity index (χ2v) is 6.18. The van der Waals surface area contributed by atoms with Crippen LogP contribution in [0.4, 0.5) is 8.78 Å². The zero-order valence-corrected chi connectivity index (χ0v) is 12.2. The van der Waals surface area contributed by atoms with Crippen LogP contribution in [0.3, 0.4) is 0 Å². The molecule has 7 heteroatoms. The molecule has 1 aliphatic heterocycles. The summed E-state index contributed by atoms with van der Waals surface area (Å²) in [5.41, 5.74) is 0.833. The molecule has 0 aliphatic carbocycles. The van der Waals surface area contributed by atoms with Gasteiger partial charge in [0.25, 0.3) is 5.91 Å². The molecular weight excluding hydrogens is 300 g/mol. The van der Waals surface area contributed by atoms with E-state index in [0.29, 0.717) is 24.0 Å². The van der Waals surface area contributed by atoms with Crippen molar-refractivity contribution >= 4 is 29.8 Å². The maximum absolute atomic E-state index is 13.3. The van der Waals surface area contributed by atoms with Crippen molar-refractivity contribution in [1.82, 2.24) is 4.90 Å². The van der Waals surface area contributed by atoms with Gasteiger partial charge in [0.15, 0.2) is 0 Å². The molecule has 1 fully saturated rings. The molecule has 2 rings (SSSR count). The van der Waals surface area contributed by atoms with Crippen molar-refractivity contribution in [2.75, 3.05) is 6.54 Å². The normalized spacial score (nSPS) is 20.8. The molecule has 0 N–H and O–H groups in total. The van der Waals surface area contributed by atoms with Crippen LogP contribution in [0.25, 0.3) is 0 Å². The Hall–Kier alpha value is -1.63. The highest BCUT2D eigenvalue weighted by atomic mass is 32.1. The number of thiophene rings is 1. The van der Waals surface area contributed by atoms with Gasteiger partial charge in [-0.25, -0.2) is 0 Å². The third-order valence-corrected chi connectivity index (χ3v) is 4.67. The van der Waals surface area contributed by atoms with Crippen LogP contribution in [0.2, 0.25) is 0 Å². The van der Waals surface area contributed by atoms with Crippen molar-refractivity contribution in [2.24, 2.45) is 0 Å². The summed E-state index contributed by atoms with van der Waals surface area (Å²) in [5, 5.41) is 0. The van der Waals surface area contributed by atoms with Gasteiger partial charge >= 0.3 is 5.92 Å². The molecule has 1 aliphatic rings. The van der Waals surface area contributed by atoms with E-state index in [2.05, 4.69) is 0 Å². The minimum absolute atomic E-state index is 0.106. The van der Waals surface area contributed by atoms with E-state index in [0.717, 1.165) is 15.3 Å². The maximum atomic E-state index is 13.3. The van der Waals surface area contributed by atoms with Crippen LogP contribution in [0, 0.1) is 6.92 Å². The van der Waals surface area contributed by atoms with Crippen molar-refractivity contribution in [3.8, 4) is 0 Å². The van der Waals surface area contributed by atoms with Crippen LogP contribution in [0.5, 0.6) is 0 Å². The van der Waals surface area contributed by atoms with Gasteiger partial charge in [0.05, 0.1) is 10.9 Å². The van der Waals surface area contributed by atoms with Crippen LogP contribution in [0.1, 0.15) is 28.2 Å². The molecule has 1 radical (unpaired) electrons. The zero-order chi connectivity index (χ0) is 15.6. The number of carbonyl (C=O) groups is 2. The van der Waals surface area contributed by atoms with E-state index in [-0.39, 0.29) is 6.54 Å². The van der Waals surface area contributed by atoms with Crippen LogP contribution in [-0.2, 0) is 20.8 Å². The van der Waals surface area contributed by atoms with Crippen LogP contribution in [0.15, 0.2) is 6.07 Å². The number of hydrogen-bond acceptors (Lipinski definition) is 4. The molecule has 1 amide bonds. The van der Waals surface area contributed by atoms with Gasteiger partial charge in [-0.1, -0.05) is 0 Å². The Bertz CT molecular complexity index is 571. The summed E-state index contributed by atoms with van der Waals surface area (Å²) in [6.45, 7) is 1.90. The van der Waals surface area contributed by atoms with Crippen molar-refractivity contribution < 1.29 is 23.2 Å². The van der Waals surface area contributed by atoms with Gasteiger partial charge in [-0.05, 0) is 31.4 Å². The van der Waals surface area contributed by atoms with Crippen LogP contribution < -0.4 is 0 Å². The second kappa shape index (κ2) is 6.01. The lowest BCUT2D eigenvalue weighted by Gasteiger charge is -2.19. The number of hydrogen-bond donors (Lipinski definition) is 0. The quantitative estimate of drug-likeness (QED) is 0.753. The van der Waals surface area contributed by atoms with Gasteiger partial charge in [-0.15, -0.1) is 11.3 Å². The van der Waals surface area contributed by atoms with Gasteiger partial charge in [0.1, 0.15) is 6.29 Å². The van der Waals surface area contributed by atoms with E-state index in [1.165, 1.54) is 11.3 Å². The third-order valence-electron chi connectivity index (χ3n) is 3.48. The second-order valence-electron chi connectivity index (χ2n) is 5.04. The summed E-state index contributed by atoms with van der Waals surface area (Å²) >= 11 is 1.30. The Balaban J connectivity index is 1.94. The van der Waals surface area contributed by atoms with E-state index in [4.69, 9.17) is 0 Å². The Morgan fingerprint density at radius 1 is 1.57 bits per heavy atom. The van der Waals surface area contributed by atoms with Gasteiger partial charge in [0.2, 0.25) is 6.29 Å². The first-order valence-corrected chi connectivity index (χ1v) is 7.32. The van der Waals surface area contributed by atoms with E-state index >= 15 is 0 Å². The lowest BCUT2D eigenvalue weighted by Crippen LogP contribution is -2.37. The van der Waals surface area contributed by atoms with Gasteiger partial charge in [-0.2, -0.15) is 8.78 Å². The van der Waals surface area contributed by atoms with Crippen molar-refractivity contribution in [2.45, 2.75) is 38.2 Å². The average molecular weight is 314 g/mol. The average Bonchev–Trinajstić information content (AvgIpc) is 2.90. The molecular formula is C14H14F2NO3S. The predicted molar refractivity (Wildman–Crippen MR) is 73.3 cm³/mol. The van der Waals surface area contributed by atoms with E-state index < -0.39 is 24.3 Å². The highest BCUT2D eigenvalue weighted by Crippen LogP contribution is 2.33. The molecule has 4 nitrogen and oxygen atoms in total. The van der Waals surface area contributed by atoms with Crippen molar-refractivity contribution in [3.05, 3.63) is 21.4 Å². The van der Waals surface area contributed by atoms with Crippen LogP contribution in [-0.4, -0.2) is 41.9 Å². The number of rotatable bonds is 6. The highest BCUT2D eigenvalue weighted by molar-refractivity contribution is 7.13. The number of halogens is 2. The third kappa shape index (κ3) is 3.18. The van der Waals surface area contributed by atoms with Gasteiger partial charge in [0, 0.05) is 17.8 Å². The first kappa shape index (κ1) is 15.8. The smallest absolute Gasteiger partial charge is 0.327 e. The minimum Gasteiger partial charge on any atom is -0.327 e. The summed E-state index contributed by atoms with van der Waals surface area (Å²) in [4.78, 5) is 35.4. The summed E-state index contributed by atoms with van der Waals surface area (Å²) in [6, 6.07) is 0.805. The molecule has 1 atom stereocenters. The van der Waals surface area contributed by atoms with E-state index in [9.17, 15) is 23.2 Å². The molecule has 2 heterocycles. The molecule has 0 aromatic carbocycles. The Labute approximate surface area is 124 Å². The van der Waals surface area contributed by atoms with Gasteiger partial charge in [-0.3, -0.25) is 9.59 Å². The Morgan fingerprint density at radius 2 is 2.29 bits per heavy atom. The monoisotopic (exact) mass is 314 g/mol. The first-order chi connectivity index (χ1) is 9.89. The maximum Gasteiger partial charge on any atom is 0.327 e. The highest BCUT2D eigenvalue weighted by Gasteiger charge is 2.53. The molecule has 1 saturated heterocycles. The molecule has 1 aromatic rings. The molecule has 0 saturated carbocycles. The number of alkyl halides is 2. The SMILES string of the molecule is Cc1cc(CCCN2C(=O)C(F)(F)C[C@@H]2C=O)sc1[C]=O. The van der Waals surface area contributed by atoms with Crippen LogP contribution >= 0.6 is 11.3 Å². The molecule has 0 spiro atoms.